The van der Waals surface area contributed by atoms with Gasteiger partial charge in [0.1, 0.15) is 11.5 Å². The lowest BCUT2D eigenvalue weighted by molar-refractivity contribution is -0.385. The molecule has 0 aliphatic carbocycles. The quantitative estimate of drug-likeness (QED) is 0.640. The fourth-order valence-corrected chi connectivity index (χ4v) is 2.67. The van der Waals surface area contributed by atoms with Crippen molar-refractivity contribution >= 4 is 17.3 Å². The number of rotatable bonds is 6. The molecule has 0 bridgehead atoms. The van der Waals surface area contributed by atoms with Gasteiger partial charge in [0.15, 0.2) is 0 Å². The average molecular weight is 344 g/mol. The number of nitro benzene ring substituents is 1. The van der Waals surface area contributed by atoms with Crippen molar-refractivity contribution in [2.75, 3.05) is 19.5 Å². The van der Waals surface area contributed by atoms with E-state index in [1.165, 1.54) is 20.3 Å². The summed E-state index contributed by atoms with van der Waals surface area (Å²) in [4.78, 5) is 23.1. The van der Waals surface area contributed by atoms with Gasteiger partial charge < -0.3 is 14.8 Å². The fourth-order valence-electron chi connectivity index (χ4n) is 2.67. The van der Waals surface area contributed by atoms with Crippen LogP contribution < -0.4 is 14.8 Å². The number of methoxy groups -OCH3 is 2. The normalized spacial score (nSPS) is 10.2. The Labute approximate surface area is 145 Å². The molecule has 2 aromatic rings. The number of nitrogens with zero attached hydrogens (tertiary/aromatic N) is 1. The summed E-state index contributed by atoms with van der Waals surface area (Å²) >= 11 is 0. The van der Waals surface area contributed by atoms with Crippen molar-refractivity contribution < 1.29 is 19.2 Å². The molecule has 1 N–H and O–H groups in total. The van der Waals surface area contributed by atoms with Crippen LogP contribution in [0.5, 0.6) is 11.5 Å². The van der Waals surface area contributed by atoms with Gasteiger partial charge in [-0.25, -0.2) is 0 Å². The molecule has 0 unspecified atom stereocenters. The summed E-state index contributed by atoms with van der Waals surface area (Å²) < 4.78 is 10.6. The standard InChI is InChI=1S/C18H20N2O5/c1-11-8-9-14(20(22)23)12(2)18(11)19-17(21)10-13-15(24-3)6-5-7-16(13)25-4/h5-9H,10H2,1-4H3,(H,19,21). The molecule has 0 aliphatic heterocycles. The Balaban J connectivity index is 2.31. The minimum atomic E-state index is -0.465. The molecular weight excluding hydrogens is 324 g/mol. The third-order valence-corrected chi connectivity index (χ3v) is 3.97. The zero-order chi connectivity index (χ0) is 18.6. The molecule has 0 saturated heterocycles. The van der Waals surface area contributed by atoms with Crippen LogP contribution in [0, 0.1) is 24.0 Å². The Morgan fingerprint density at radius 2 is 1.72 bits per heavy atom. The van der Waals surface area contributed by atoms with E-state index in [0.29, 0.717) is 28.3 Å². The van der Waals surface area contributed by atoms with Crippen molar-refractivity contribution in [3.63, 3.8) is 0 Å². The van der Waals surface area contributed by atoms with E-state index in [1.807, 2.05) is 0 Å². The lowest BCUT2D eigenvalue weighted by Crippen LogP contribution is -2.17. The summed E-state index contributed by atoms with van der Waals surface area (Å²) in [5.41, 5.74) is 2.21. The average Bonchev–Trinajstić information content (AvgIpc) is 2.58. The summed E-state index contributed by atoms with van der Waals surface area (Å²) in [6.07, 6.45) is 0.0226. The summed E-state index contributed by atoms with van der Waals surface area (Å²) in [6.45, 7) is 3.40. The Kier molecular flexibility index (Phi) is 5.59. The number of anilines is 1. The number of carbonyl (C=O) groups is 1. The molecule has 0 radical (unpaired) electrons. The van der Waals surface area contributed by atoms with Crippen LogP contribution in [0.1, 0.15) is 16.7 Å². The molecule has 2 rings (SSSR count). The molecule has 0 heterocycles. The van der Waals surface area contributed by atoms with Gasteiger partial charge in [-0.05, 0) is 31.5 Å². The maximum Gasteiger partial charge on any atom is 0.274 e. The molecule has 0 fully saturated rings. The fraction of sp³-hybridized carbons (Fsp3) is 0.278. The molecule has 1 amide bonds. The molecular formula is C18H20N2O5. The van der Waals surface area contributed by atoms with Crippen LogP contribution in [0.4, 0.5) is 11.4 Å². The number of nitrogens with one attached hydrogen (secondary N) is 1. The molecule has 0 aliphatic rings. The van der Waals surface area contributed by atoms with Crippen LogP contribution in [0.2, 0.25) is 0 Å². The van der Waals surface area contributed by atoms with Gasteiger partial charge in [0, 0.05) is 11.6 Å². The molecule has 0 saturated carbocycles. The van der Waals surface area contributed by atoms with Crippen LogP contribution in [0.3, 0.4) is 0 Å². The van der Waals surface area contributed by atoms with Gasteiger partial charge in [-0.1, -0.05) is 12.1 Å². The van der Waals surface area contributed by atoms with Crippen molar-refractivity contribution in [3.8, 4) is 11.5 Å². The molecule has 7 heteroatoms. The maximum absolute atomic E-state index is 12.5. The predicted molar refractivity (Wildman–Crippen MR) is 94.5 cm³/mol. The predicted octanol–water partition coefficient (Wildman–Crippen LogP) is 3.41. The highest BCUT2D eigenvalue weighted by molar-refractivity contribution is 5.95. The molecule has 132 valence electrons. The summed E-state index contributed by atoms with van der Waals surface area (Å²) in [7, 11) is 3.04. The maximum atomic E-state index is 12.5. The number of carbonyl (C=O) groups excluding carboxylic acids is 1. The van der Waals surface area contributed by atoms with E-state index in [9.17, 15) is 14.9 Å². The Morgan fingerprint density at radius 3 is 2.24 bits per heavy atom. The number of hydrogen-bond acceptors (Lipinski definition) is 5. The van der Waals surface area contributed by atoms with E-state index < -0.39 is 4.92 Å². The molecule has 7 nitrogen and oxygen atoms in total. The first-order valence-electron chi connectivity index (χ1n) is 7.63. The summed E-state index contributed by atoms with van der Waals surface area (Å²) in [5.74, 6) is 0.776. The lowest BCUT2D eigenvalue weighted by Gasteiger charge is -2.15. The first-order chi connectivity index (χ1) is 11.9. The van der Waals surface area contributed by atoms with E-state index in [1.54, 1.807) is 38.1 Å². The second kappa shape index (κ2) is 7.65. The number of aryl methyl sites for hydroxylation is 1. The van der Waals surface area contributed by atoms with Crippen molar-refractivity contribution in [1.82, 2.24) is 0 Å². The van der Waals surface area contributed by atoms with Gasteiger partial charge in [0.05, 0.1) is 36.8 Å². The third-order valence-electron chi connectivity index (χ3n) is 3.97. The van der Waals surface area contributed by atoms with Crippen LogP contribution in [-0.4, -0.2) is 25.1 Å². The first kappa shape index (κ1) is 18.3. The lowest BCUT2D eigenvalue weighted by atomic mass is 10.1. The van der Waals surface area contributed by atoms with Crippen molar-refractivity contribution in [1.29, 1.82) is 0 Å². The number of hydrogen-bond donors (Lipinski definition) is 1. The molecule has 0 spiro atoms. The smallest absolute Gasteiger partial charge is 0.274 e. The number of amides is 1. The van der Waals surface area contributed by atoms with E-state index in [0.717, 1.165) is 5.56 Å². The van der Waals surface area contributed by atoms with Crippen LogP contribution >= 0.6 is 0 Å². The van der Waals surface area contributed by atoms with Crippen molar-refractivity contribution in [2.24, 2.45) is 0 Å². The van der Waals surface area contributed by atoms with E-state index in [2.05, 4.69) is 5.32 Å². The van der Waals surface area contributed by atoms with Crippen molar-refractivity contribution in [2.45, 2.75) is 20.3 Å². The number of benzene rings is 2. The molecule has 25 heavy (non-hydrogen) atoms. The van der Waals surface area contributed by atoms with Gasteiger partial charge in [-0.2, -0.15) is 0 Å². The highest BCUT2D eigenvalue weighted by Gasteiger charge is 2.19. The monoisotopic (exact) mass is 344 g/mol. The SMILES string of the molecule is COc1cccc(OC)c1CC(=O)Nc1c(C)ccc([N+](=O)[O-])c1C. The summed E-state index contributed by atoms with van der Waals surface area (Å²) in [5, 5.41) is 13.9. The molecule has 0 aromatic heterocycles. The zero-order valence-electron chi connectivity index (χ0n) is 14.6. The highest BCUT2D eigenvalue weighted by Crippen LogP contribution is 2.31. The van der Waals surface area contributed by atoms with E-state index in [-0.39, 0.29) is 18.0 Å². The number of nitro groups is 1. The van der Waals surface area contributed by atoms with Gasteiger partial charge >= 0.3 is 0 Å². The van der Waals surface area contributed by atoms with Gasteiger partial charge in [0.2, 0.25) is 5.91 Å². The number of ether oxygens (including phenoxy) is 2. The Morgan fingerprint density at radius 1 is 1.12 bits per heavy atom. The Bertz CT molecular complexity index is 795. The minimum Gasteiger partial charge on any atom is -0.496 e. The highest BCUT2D eigenvalue weighted by atomic mass is 16.6. The first-order valence-corrected chi connectivity index (χ1v) is 7.63. The summed E-state index contributed by atoms with van der Waals surface area (Å²) in [6, 6.07) is 8.31. The van der Waals surface area contributed by atoms with Gasteiger partial charge in [-0.15, -0.1) is 0 Å². The Hall–Kier alpha value is -3.09. The van der Waals surface area contributed by atoms with E-state index >= 15 is 0 Å². The van der Waals surface area contributed by atoms with Crippen LogP contribution in [0.15, 0.2) is 30.3 Å². The van der Waals surface area contributed by atoms with E-state index in [4.69, 9.17) is 9.47 Å². The molecule has 0 atom stereocenters. The third kappa shape index (κ3) is 3.88. The van der Waals surface area contributed by atoms with Gasteiger partial charge in [0.25, 0.3) is 5.69 Å². The zero-order valence-corrected chi connectivity index (χ0v) is 14.6. The minimum absolute atomic E-state index is 0.0226. The van der Waals surface area contributed by atoms with Crippen molar-refractivity contribution in [3.05, 3.63) is 57.1 Å². The topological polar surface area (TPSA) is 90.7 Å². The van der Waals surface area contributed by atoms with Crippen LogP contribution in [-0.2, 0) is 11.2 Å². The van der Waals surface area contributed by atoms with Gasteiger partial charge in [-0.3, -0.25) is 14.9 Å². The second-order valence-electron chi connectivity index (χ2n) is 5.52. The van der Waals surface area contributed by atoms with Crippen LogP contribution in [0.25, 0.3) is 0 Å². The molecule has 2 aromatic carbocycles. The largest absolute Gasteiger partial charge is 0.496 e. The second-order valence-corrected chi connectivity index (χ2v) is 5.52.